The van der Waals surface area contributed by atoms with E-state index in [4.69, 9.17) is 4.52 Å². The first-order valence-corrected chi connectivity index (χ1v) is 5.85. The molecule has 1 aromatic rings. The van der Waals surface area contributed by atoms with Crippen LogP contribution in [0.15, 0.2) is 4.52 Å². The van der Waals surface area contributed by atoms with Gasteiger partial charge in [-0.25, -0.2) is 0 Å². The van der Waals surface area contributed by atoms with Crippen LogP contribution in [0.25, 0.3) is 0 Å². The topological polar surface area (TPSA) is 51.0 Å². The van der Waals surface area contributed by atoms with Gasteiger partial charge in [0.05, 0.1) is 6.04 Å². The van der Waals surface area contributed by atoms with Gasteiger partial charge in [-0.2, -0.15) is 4.98 Å². The molecule has 4 nitrogen and oxygen atoms in total. The van der Waals surface area contributed by atoms with Crippen molar-refractivity contribution in [1.29, 1.82) is 0 Å². The van der Waals surface area contributed by atoms with Gasteiger partial charge in [0.2, 0.25) is 5.89 Å². The minimum atomic E-state index is 0.219. The molecule has 1 atom stereocenters. The lowest BCUT2D eigenvalue weighted by atomic mass is 10.1. The fraction of sp³-hybridized carbons (Fsp3) is 0.818. The molecule has 0 spiro atoms. The molecule has 1 aromatic heterocycles. The lowest BCUT2D eigenvalue weighted by molar-refractivity contribution is 0.295. The van der Waals surface area contributed by atoms with E-state index in [9.17, 15) is 0 Å². The van der Waals surface area contributed by atoms with Crippen molar-refractivity contribution in [3.8, 4) is 0 Å². The molecular formula is C11H17N3O. The van der Waals surface area contributed by atoms with E-state index < -0.39 is 0 Å². The van der Waals surface area contributed by atoms with Gasteiger partial charge in [0.25, 0.3) is 0 Å². The molecule has 3 rings (SSSR count). The van der Waals surface area contributed by atoms with Gasteiger partial charge in [0.15, 0.2) is 5.82 Å². The average Bonchev–Trinajstić information content (AvgIpc) is 2.85. The summed E-state index contributed by atoms with van der Waals surface area (Å²) in [5.74, 6) is 1.70. The number of hydrogen-bond acceptors (Lipinski definition) is 4. The summed E-state index contributed by atoms with van der Waals surface area (Å²) in [7, 11) is 0. The van der Waals surface area contributed by atoms with Crippen LogP contribution in [-0.2, 0) is 5.41 Å². The number of piperidine rings is 1. The van der Waals surface area contributed by atoms with Crippen LogP contribution < -0.4 is 5.32 Å². The highest BCUT2D eigenvalue weighted by molar-refractivity contribution is 5.14. The highest BCUT2D eigenvalue weighted by Gasteiger charge is 2.43. The molecule has 2 aliphatic rings. The summed E-state index contributed by atoms with van der Waals surface area (Å²) >= 11 is 0. The van der Waals surface area contributed by atoms with Crippen LogP contribution >= 0.6 is 0 Å². The zero-order valence-corrected chi connectivity index (χ0v) is 9.12. The second-order valence-corrected chi connectivity index (χ2v) is 5.02. The van der Waals surface area contributed by atoms with Gasteiger partial charge in [0, 0.05) is 5.41 Å². The summed E-state index contributed by atoms with van der Waals surface area (Å²) in [5.41, 5.74) is 0.219. The molecule has 2 heterocycles. The molecule has 1 saturated carbocycles. The maximum atomic E-state index is 5.35. The number of hydrogen-bond donors (Lipinski definition) is 1. The van der Waals surface area contributed by atoms with Crippen LogP contribution in [0.1, 0.15) is 56.8 Å². The van der Waals surface area contributed by atoms with Crippen molar-refractivity contribution < 1.29 is 4.52 Å². The molecule has 2 fully saturated rings. The van der Waals surface area contributed by atoms with E-state index in [0.717, 1.165) is 24.7 Å². The Morgan fingerprint density at radius 1 is 1.40 bits per heavy atom. The third-order valence-corrected chi connectivity index (χ3v) is 3.59. The van der Waals surface area contributed by atoms with Gasteiger partial charge in [-0.05, 0) is 32.2 Å². The minimum Gasteiger partial charge on any atom is -0.338 e. The largest absolute Gasteiger partial charge is 0.338 e. The first-order chi connectivity index (χ1) is 7.28. The third kappa shape index (κ3) is 1.67. The Kier molecular flexibility index (Phi) is 2.06. The lowest BCUT2D eigenvalue weighted by Crippen LogP contribution is -2.27. The van der Waals surface area contributed by atoms with Crippen molar-refractivity contribution in [1.82, 2.24) is 15.5 Å². The Balaban J connectivity index is 1.77. The first kappa shape index (κ1) is 9.33. The van der Waals surface area contributed by atoms with Gasteiger partial charge in [-0.1, -0.05) is 18.5 Å². The normalized spacial score (nSPS) is 29.0. The van der Waals surface area contributed by atoms with E-state index in [0.29, 0.717) is 6.04 Å². The van der Waals surface area contributed by atoms with Crippen molar-refractivity contribution >= 4 is 0 Å². The van der Waals surface area contributed by atoms with Gasteiger partial charge >= 0.3 is 0 Å². The molecule has 15 heavy (non-hydrogen) atoms. The molecule has 0 aromatic carbocycles. The highest BCUT2D eigenvalue weighted by Crippen LogP contribution is 2.46. The van der Waals surface area contributed by atoms with Crippen molar-refractivity contribution in [3.63, 3.8) is 0 Å². The number of nitrogens with zero attached hydrogens (tertiary/aromatic N) is 2. The van der Waals surface area contributed by atoms with Crippen LogP contribution in [0.5, 0.6) is 0 Å². The van der Waals surface area contributed by atoms with E-state index >= 15 is 0 Å². The second kappa shape index (κ2) is 3.30. The Morgan fingerprint density at radius 3 is 2.93 bits per heavy atom. The quantitative estimate of drug-likeness (QED) is 0.805. The second-order valence-electron chi connectivity index (χ2n) is 5.02. The number of aromatic nitrogens is 2. The summed E-state index contributed by atoms with van der Waals surface area (Å²) in [6, 6.07) is 0.294. The van der Waals surface area contributed by atoms with Crippen LogP contribution in [0.3, 0.4) is 0 Å². The zero-order chi connectivity index (χ0) is 10.3. The summed E-state index contributed by atoms with van der Waals surface area (Å²) in [5, 5.41) is 7.52. The molecule has 1 aliphatic carbocycles. The van der Waals surface area contributed by atoms with E-state index in [1.165, 1.54) is 25.7 Å². The Labute approximate surface area is 89.4 Å². The summed E-state index contributed by atoms with van der Waals surface area (Å²) in [4.78, 5) is 4.53. The van der Waals surface area contributed by atoms with Gasteiger partial charge < -0.3 is 9.84 Å². The molecule has 1 saturated heterocycles. The van der Waals surface area contributed by atoms with Crippen LogP contribution in [0.2, 0.25) is 0 Å². The molecule has 82 valence electrons. The molecular weight excluding hydrogens is 190 g/mol. The molecule has 0 amide bonds. The molecule has 1 unspecified atom stereocenters. The maximum absolute atomic E-state index is 5.35. The van der Waals surface area contributed by atoms with E-state index in [1.54, 1.807) is 0 Å². The average molecular weight is 207 g/mol. The predicted octanol–water partition coefficient (Wildman–Crippen LogP) is 1.94. The first-order valence-electron chi connectivity index (χ1n) is 5.85. The monoisotopic (exact) mass is 207 g/mol. The lowest BCUT2D eigenvalue weighted by Gasteiger charge is -2.19. The summed E-state index contributed by atoms with van der Waals surface area (Å²) in [6.07, 6.45) is 6.04. The minimum absolute atomic E-state index is 0.219. The molecule has 1 aliphatic heterocycles. The van der Waals surface area contributed by atoms with Gasteiger partial charge in [0.1, 0.15) is 0 Å². The van der Waals surface area contributed by atoms with Gasteiger partial charge in [-0.3, -0.25) is 0 Å². The smallest absolute Gasteiger partial charge is 0.243 e. The predicted molar refractivity (Wildman–Crippen MR) is 55.5 cm³/mol. The van der Waals surface area contributed by atoms with E-state index in [-0.39, 0.29) is 5.41 Å². The zero-order valence-electron chi connectivity index (χ0n) is 9.12. The van der Waals surface area contributed by atoms with E-state index in [1.807, 2.05) is 0 Å². The van der Waals surface area contributed by atoms with Crippen LogP contribution in [0, 0.1) is 0 Å². The molecule has 0 radical (unpaired) electrons. The van der Waals surface area contributed by atoms with Crippen molar-refractivity contribution in [2.45, 2.75) is 50.5 Å². The number of nitrogens with one attached hydrogen (secondary N) is 1. The fourth-order valence-corrected chi connectivity index (χ4v) is 2.10. The van der Waals surface area contributed by atoms with Crippen molar-refractivity contribution in [2.24, 2.45) is 0 Å². The Bertz CT molecular complexity index is 350. The highest BCUT2D eigenvalue weighted by atomic mass is 16.5. The van der Waals surface area contributed by atoms with Crippen molar-refractivity contribution in [2.75, 3.05) is 6.54 Å². The Morgan fingerprint density at radius 2 is 2.27 bits per heavy atom. The third-order valence-electron chi connectivity index (χ3n) is 3.59. The van der Waals surface area contributed by atoms with Gasteiger partial charge in [-0.15, -0.1) is 0 Å². The summed E-state index contributed by atoms with van der Waals surface area (Å²) in [6.45, 7) is 3.27. The molecule has 1 N–H and O–H groups in total. The van der Waals surface area contributed by atoms with E-state index in [2.05, 4.69) is 22.4 Å². The standard InChI is InChI=1S/C11H17N3O/c1-11(5-6-11)10-13-9(15-14-10)8-4-2-3-7-12-8/h8,12H,2-7H2,1H3. The molecule has 0 bridgehead atoms. The SMILES string of the molecule is CC1(c2noc(C3CCCCN3)n2)CC1. The fourth-order valence-electron chi connectivity index (χ4n) is 2.10. The van der Waals surface area contributed by atoms with Crippen LogP contribution in [0.4, 0.5) is 0 Å². The molecule has 4 heteroatoms. The van der Waals surface area contributed by atoms with Crippen molar-refractivity contribution in [3.05, 3.63) is 11.7 Å². The van der Waals surface area contributed by atoms with Crippen LogP contribution in [-0.4, -0.2) is 16.7 Å². The number of rotatable bonds is 2. The summed E-state index contributed by atoms with van der Waals surface area (Å²) < 4.78 is 5.35. The maximum Gasteiger partial charge on any atom is 0.243 e. The Hall–Kier alpha value is -0.900.